The number of aryl methyl sites for hydroxylation is 2. The zero-order valence-corrected chi connectivity index (χ0v) is 13.1. The number of halogens is 1. The molecule has 0 spiro atoms. The lowest BCUT2D eigenvalue weighted by molar-refractivity contribution is 0.0698. The molecule has 4 nitrogen and oxygen atoms in total. The van der Waals surface area contributed by atoms with Gasteiger partial charge in [0.1, 0.15) is 5.00 Å². The van der Waals surface area contributed by atoms with Crippen molar-refractivity contribution < 1.29 is 14.7 Å². The summed E-state index contributed by atoms with van der Waals surface area (Å²) in [7, 11) is 0. The van der Waals surface area contributed by atoms with Crippen LogP contribution in [0.2, 0.25) is 5.02 Å². The first-order chi connectivity index (χ1) is 9.92. The van der Waals surface area contributed by atoms with Crippen LogP contribution in [0.4, 0.5) is 5.00 Å². The lowest BCUT2D eigenvalue weighted by atomic mass is 10.1. The predicted octanol–water partition coefficient (Wildman–Crippen LogP) is 4.22. The summed E-state index contributed by atoms with van der Waals surface area (Å²) in [4.78, 5) is 24.4. The summed E-state index contributed by atoms with van der Waals surface area (Å²) < 4.78 is 0. The van der Waals surface area contributed by atoms with Gasteiger partial charge in [-0.15, -0.1) is 11.3 Å². The number of amides is 1. The number of carbonyl (C=O) groups excluding carboxylic acids is 1. The molecule has 2 aromatic rings. The van der Waals surface area contributed by atoms with Gasteiger partial charge in [0, 0.05) is 15.5 Å². The van der Waals surface area contributed by atoms with E-state index in [1.807, 2.05) is 6.92 Å². The number of carboxylic acid groups (broad SMARTS) is 1. The maximum Gasteiger partial charge on any atom is 0.338 e. The second-order valence-electron chi connectivity index (χ2n) is 4.53. The molecule has 0 aliphatic carbocycles. The maximum atomic E-state index is 12.3. The number of carbonyl (C=O) groups is 2. The smallest absolute Gasteiger partial charge is 0.338 e. The van der Waals surface area contributed by atoms with Gasteiger partial charge >= 0.3 is 5.97 Å². The second kappa shape index (κ2) is 6.28. The summed E-state index contributed by atoms with van der Waals surface area (Å²) in [5.41, 5.74) is 1.34. The van der Waals surface area contributed by atoms with Gasteiger partial charge in [0.05, 0.1) is 5.56 Å². The number of aromatic carboxylic acids is 1. The van der Waals surface area contributed by atoms with Crippen LogP contribution in [0.1, 0.15) is 38.1 Å². The van der Waals surface area contributed by atoms with Crippen LogP contribution in [0, 0.1) is 6.92 Å². The largest absolute Gasteiger partial charge is 0.478 e. The summed E-state index contributed by atoms with van der Waals surface area (Å²) in [5.74, 6) is -1.38. The minimum atomic E-state index is -1.05. The first-order valence-electron chi connectivity index (χ1n) is 6.36. The van der Waals surface area contributed by atoms with Crippen LogP contribution in [0.15, 0.2) is 24.3 Å². The van der Waals surface area contributed by atoms with Gasteiger partial charge < -0.3 is 10.4 Å². The molecule has 0 aliphatic heterocycles. The third-order valence-electron chi connectivity index (χ3n) is 3.02. The van der Waals surface area contributed by atoms with E-state index in [1.54, 1.807) is 31.2 Å². The summed E-state index contributed by atoms with van der Waals surface area (Å²) in [6.45, 7) is 3.72. The van der Waals surface area contributed by atoms with Crippen molar-refractivity contribution in [1.29, 1.82) is 0 Å². The van der Waals surface area contributed by atoms with Gasteiger partial charge in [-0.2, -0.15) is 0 Å². The van der Waals surface area contributed by atoms with E-state index in [4.69, 9.17) is 11.6 Å². The molecule has 1 heterocycles. The fraction of sp³-hybridized carbons (Fsp3) is 0.200. The van der Waals surface area contributed by atoms with Crippen molar-refractivity contribution in [2.24, 2.45) is 0 Å². The number of benzene rings is 1. The van der Waals surface area contributed by atoms with Crippen molar-refractivity contribution in [3.05, 3.63) is 50.9 Å². The summed E-state index contributed by atoms with van der Waals surface area (Å²) in [6.07, 6.45) is 0.723. The highest BCUT2D eigenvalue weighted by Gasteiger charge is 2.18. The van der Waals surface area contributed by atoms with E-state index in [0.29, 0.717) is 15.6 Å². The SMILES string of the molecule is CCc1cc(C(=O)O)c(NC(=O)c2ccc(Cl)cc2C)s1. The number of anilines is 1. The van der Waals surface area contributed by atoms with E-state index in [-0.39, 0.29) is 11.5 Å². The highest BCUT2D eigenvalue weighted by atomic mass is 35.5. The second-order valence-corrected chi connectivity index (χ2v) is 6.10. The molecule has 0 aliphatic rings. The van der Waals surface area contributed by atoms with Crippen LogP contribution >= 0.6 is 22.9 Å². The topological polar surface area (TPSA) is 66.4 Å². The van der Waals surface area contributed by atoms with E-state index in [2.05, 4.69) is 5.32 Å². The fourth-order valence-electron chi connectivity index (χ4n) is 1.92. The molecule has 0 unspecified atom stereocenters. The van der Waals surface area contributed by atoms with E-state index in [9.17, 15) is 14.7 Å². The number of carboxylic acids is 1. The van der Waals surface area contributed by atoms with E-state index in [0.717, 1.165) is 16.9 Å². The lowest BCUT2D eigenvalue weighted by Crippen LogP contribution is -2.14. The zero-order valence-electron chi connectivity index (χ0n) is 11.6. The highest BCUT2D eigenvalue weighted by Crippen LogP contribution is 2.29. The first-order valence-corrected chi connectivity index (χ1v) is 7.55. The third-order valence-corrected chi connectivity index (χ3v) is 4.45. The average molecular weight is 324 g/mol. The lowest BCUT2D eigenvalue weighted by Gasteiger charge is -2.07. The van der Waals surface area contributed by atoms with Crippen LogP contribution in [0.25, 0.3) is 0 Å². The van der Waals surface area contributed by atoms with Crippen LogP contribution in [-0.2, 0) is 6.42 Å². The predicted molar refractivity (Wildman–Crippen MR) is 84.8 cm³/mol. The number of rotatable bonds is 4. The Kier molecular flexibility index (Phi) is 4.65. The Hall–Kier alpha value is -1.85. The molecule has 0 atom stereocenters. The van der Waals surface area contributed by atoms with Crippen molar-refractivity contribution in [3.63, 3.8) is 0 Å². The van der Waals surface area contributed by atoms with Crippen molar-refractivity contribution in [3.8, 4) is 0 Å². The van der Waals surface area contributed by atoms with Gasteiger partial charge in [-0.25, -0.2) is 4.79 Å². The maximum absolute atomic E-state index is 12.3. The van der Waals surface area contributed by atoms with Gasteiger partial charge in [0.2, 0.25) is 0 Å². The van der Waals surface area contributed by atoms with Crippen molar-refractivity contribution in [2.45, 2.75) is 20.3 Å². The molecule has 1 aromatic heterocycles. The summed E-state index contributed by atoms with van der Waals surface area (Å²) in [6, 6.07) is 6.55. The first kappa shape index (κ1) is 15.5. The standard InChI is InChI=1S/C15H14ClNO3S/c1-3-10-7-12(15(19)20)14(21-10)17-13(18)11-5-4-9(16)6-8(11)2/h4-7H,3H2,1-2H3,(H,17,18)(H,19,20). The fourth-order valence-corrected chi connectivity index (χ4v) is 3.13. The average Bonchev–Trinajstić information content (AvgIpc) is 2.81. The molecular formula is C15H14ClNO3S. The Morgan fingerprint density at radius 2 is 2.00 bits per heavy atom. The minimum Gasteiger partial charge on any atom is -0.478 e. The monoisotopic (exact) mass is 323 g/mol. The van der Waals surface area contributed by atoms with Crippen molar-refractivity contribution in [1.82, 2.24) is 0 Å². The summed E-state index contributed by atoms with van der Waals surface area (Å²) in [5, 5.41) is 12.8. The van der Waals surface area contributed by atoms with Crippen LogP contribution in [0.5, 0.6) is 0 Å². The molecular weight excluding hydrogens is 310 g/mol. The van der Waals surface area contributed by atoms with Gasteiger partial charge in [0.15, 0.2) is 0 Å². The Morgan fingerprint density at radius 3 is 2.57 bits per heavy atom. The molecule has 2 N–H and O–H groups in total. The van der Waals surface area contributed by atoms with Gasteiger partial charge in [-0.05, 0) is 43.2 Å². The molecule has 6 heteroatoms. The summed E-state index contributed by atoms with van der Waals surface area (Å²) >= 11 is 7.14. The van der Waals surface area contributed by atoms with E-state index in [1.165, 1.54) is 11.3 Å². The van der Waals surface area contributed by atoms with Crippen LogP contribution in [0.3, 0.4) is 0 Å². The molecule has 0 saturated heterocycles. The molecule has 21 heavy (non-hydrogen) atoms. The molecule has 0 bridgehead atoms. The Bertz CT molecular complexity index is 709. The number of hydrogen-bond acceptors (Lipinski definition) is 3. The minimum absolute atomic E-state index is 0.122. The highest BCUT2D eigenvalue weighted by molar-refractivity contribution is 7.16. The molecule has 0 radical (unpaired) electrons. The Balaban J connectivity index is 2.31. The molecule has 0 fully saturated rings. The van der Waals surface area contributed by atoms with Crippen molar-refractivity contribution in [2.75, 3.05) is 5.32 Å². The third kappa shape index (κ3) is 3.43. The quantitative estimate of drug-likeness (QED) is 0.885. The van der Waals surface area contributed by atoms with E-state index < -0.39 is 5.97 Å². The normalized spacial score (nSPS) is 10.4. The molecule has 1 aromatic carbocycles. The Morgan fingerprint density at radius 1 is 1.29 bits per heavy atom. The Labute approximate surface area is 131 Å². The number of hydrogen-bond donors (Lipinski definition) is 2. The van der Waals surface area contributed by atoms with Gasteiger partial charge in [-0.3, -0.25) is 4.79 Å². The zero-order chi connectivity index (χ0) is 15.6. The van der Waals surface area contributed by atoms with E-state index >= 15 is 0 Å². The number of thiophene rings is 1. The molecule has 0 saturated carbocycles. The van der Waals surface area contributed by atoms with Gasteiger partial charge in [0.25, 0.3) is 5.91 Å². The molecule has 110 valence electrons. The van der Waals surface area contributed by atoms with Crippen LogP contribution in [-0.4, -0.2) is 17.0 Å². The molecule has 1 amide bonds. The number of nitrogens with one attached hydrogen (secondary N) is 1. The van der Waals surface area contributed by atoms with Gasteiger partial charge in [-0.1, -0.05) is 18.5 Å². The molecule has 2 rings (SSSR count). The van der Waals surface area contributed by atoms with Crippen molar-refractivity contribution >= 4 is 39.8 Å². The van der Waals surface area contributed by atoms with Crippen LogP contribution < -0.4 is 5.32 Å².